The topological polar surface area (TPSA) is 147 Å². The molecule has 1 heterocycles. The lowest BCUT2D eigenvalue weighted by atomic mass is 9.78. The Bertz CT molecular complexity index is 1500. The zero-order valence-corrected chi connectivity index (χ0v) is 26.3. The fourth-order valence-corrected chi connectivity index (χ4v) is 6.20. The highest BCUT2D eigenvalue weighted by Gasteiger charge is 2.48. The van der Waals surface area contributed by atoms with Crippen molar-refractivity contribution in [2.24, 2.45) is 5.92 Å². The molecule has 0 saturated carbocycles. The maximum atomic E-state index is 13.6. The Balaban J connectivity index is 1.47. The number of aryl methyl sites for hydroxylation is 2. The van der Waals surface area contributed by atoms with Crippen molar-refractivity contribution in [2.45, 2.75) is 62.7 Å². The number of amides is 1. The number of nitrogens with zero attached hydrogens (tertiary/aromatic N) is 1. The summed E-state index contributed by atoms with van der Waals surface area (Å²) in [6, 6.07) is 20.9. The molecule has 0 aromatic heterocycles. The fraction of sp³-hybridized carbons (Fsp3) is 0.441. The zero-order chi connectivity index (χ0) is 32.6. The molecule has 3 unspecified atom stereocenters. The third-order valence-electron chi connectivity index (χ3n) is 8.48. The lowest BCUT2D eigenvalue weighted by Gasteiger charge is -2.48. The van der Waals surface area contributed by atoms with Crippen LogP contribution < -0.4 is 9.62 Å². The van der Waals surface area contributed by atoms with Crippen LogP contribution in [0.5, 0.6) is 0 Å². The van der Waals surface area contributed by atoms with E-state index in [9.17, 15) is 38.0 Å². The molecule has 3 aromatic rings. The summed E-state index contributed by atoms with van der Waals surface area (Å²) in [7, 11) is -3.20. The van der Waals surface area contributed by atoms with Gasteiger partial charge in [0.25, 0.3) is 0 Å². The van der Waals surface area contributed by atoms with E-state index in [0.717, 1.165) is 41.5 Å². The molecule has 1 fully saturated rings. The van der Waals surface area contributed by atoms with Gasteiger partial charge in [0.2, 0.25) is 15.9 Å². The summed E-state index contributed by atoms with van der Waals surface area (Å²) in [4.78, 5) is 15.3. The molecule has 3 atom stereocenters. The van der Waals surface area contributed by atoms with Crippen LogP contribution in [0.25, 0.3) is 0 Å². The van der Waals surface area contributed by atoms with Crippen LogP contribution in [0, 0.1) is 11.7 Å². The number of nitrogens with one attached hydrogen (secondary N) is 1. The van der Waals surface area contributed by atoms with Gasteiger partial charge < -0.3 is 25.3 Å². The minimum absolute atomic E-state index is 0.0501. The molecule has 0 bridgehead atoms. The standard InChI is InChI=1S/C34H43FN2O7S/c1-45(43,44)36-21-3-2-4-24-7-15-29(16-8-24)37-32(27-9-5-25(6-10-27)19-20-34(42,22-38)23-39)30(33(37)41)17-18-31(40)26-11-13-28(35)14-12-26/h5-16,30-32,36,38-40,42H,2-4,17-23H2,1H3. The Labute approximate surface area is 264 Å². The summed E-state index contributed by atoms with van der Waals surface area (Å²) in [5.74, 6) is -0.806. The Morgan fingerprint density at radius 1 is 0.911 bits per heavy atom. The lowest BCUT2D eigenvalue weighted by molar-refractivity contribution is -0.131. The molecular weight excluding hydrogens is 599 g/mol. The molecule has 0 aliphatic carbocycles. The summed E-state index contributed by atoms with van der Waals surface area (Å²) >= 11 is 0. The van der Waals surface area contributed by atoms with Gasteiger partial charge in [-0.1, -0.05) is 48.5 Å². The van der Waals surface area contributed by atoms with Gasteiger partial charge in [-0.15, -0.1) is 0 Å². The predicted octanol–water partition coefficient (Wildman–Crippen LogP) is 3.56. The molecule has 45 heavy (non-hydrogen) atoms. The largest absolute Gasteiger partial charge is 0.393 e. The number of aliphatic hydroxyl groups excluding tert-OH is 3. The normalized spacial score (nSPS) is 17.7. The molecule has 9 nitrogen and oxygen atoms in total. The summed E-state index contributed by atoms with van der Waals surface area (Å²) < 4.78 is 38.3. The van der Waals surface area contributed by atoms with Gasteiger partial charge in [0.05, 0.1) is 37.5 Å². The number of hydrogen-bond donors (Lipinski definition) is 5. The van der Waals surface area contributed by atoms with Crippen LogP contribution in [0.1, 0.15) is 66.5 Å². The van der Waals surface area contributed by atoms with E-state index < -0.39 is 34.9 Å². The second-order valence-electron chi connectivity index (χ2n) is 12.0. The number of carbonyl (C=O) groups is 1. The summed E-state index contributed by atoms with van der Waals surface area (Å²) in [6.45, 7) is -0.683. The van der Waals surface area contributed by atoms with Gasteiger partial charge in [-0.3, -0.25) is 4.79 Å². The van der Waals surface area contributed by atoms with Gasteiger partial charge in [-0.25, -0.2) is 17.5 Å². The number of halogens is 1. The van der Waals surface area contributed by atoms with E-state index in [1.54, 1.807) is 17.0 Å². The van der Waals surface area contributed by atoms with Crippen molar-refractivity contribution in [2.75, 3.05) is 30.9 Å². The first-order valence-electron chi connectivity index (χ1n) is 15.3. The molecule has 1 amide bonds. The van der Waals surface area contributed by atoms with Crippen LogP contribution in [0.4, 0.5) is 10.1 Å². The number of anilines is 1. The Kier molecular flexibility index (Phi) is 11.9. The maximum absolute atomic E-state index is 13.6. The molecule has 3 aromatic carbocycles. The van der Waals surface area contributed by atoms with E-state index in [1.807, 2.05) is 48.5 Å². The maximum Gasteiger partial charge on any atom is 0.233 e. The van der Waals surface area contributed by atoms with Gasteiger partial charge in [0, 0.05) is 12.2 Å². The second kappa shape index (κ2) is 15.4. The Morgan fingerprint density at radius 2 is 1.51 bits per heavy atom. The van der Waals surface area contributed by atoms with Crippen molar-refractivity contribution in [1.82, 2.24) is 4.72 Å². The Hall–Kier alpha value is -3.19. The van der Waals surface area contributed by atoms with Crippen molar-refractivity contribution >= 4 is 21.6 Å². The quantitative estimate of drug-likeness (QED) is 0.112. The number of benzene rings is 3. The van der Waals surface area contributed by atoms with Crippen LogP contribution in [-0.4, -0.2) is 66.4 Å². The van der Waals surface area contributed by atoms with Gasteiger partial charge in [-0.2, -0.15) is 0 Å². The molecule has 0 radical (unpaired) electrons. The fourth-order valence-electron chi connectivity index (χ4n) is 5.69. The highest BCUT2D eigenvalue weighted by atomic mass is 32.2. The van der Waals surface area contributed by atoms with Crippen LogP contribution in [0.2, 0.25) is 0 Å². The first kappa shape index (κ1) is 34.7. The SMILES string of the molecule is CS(=O)(=O)NCCCCc1ccc(N2C(=O)C(CCC(O)c3ccc(F)cc3)C2c2ccc(CCC(O)(CO)CO)cc2)cc1. The van der Waals surface area contributed by atoms with Crippen LogP contribution >= 0.6 is 0 Å². The first-order chi connectivity index (χ1) is 21.4. The summed E-state index contributed by atoms with van der Waals surface area (Å²) in [5.41, 5.74) is 2.71. The molecular formula is C34H43FN2O7S. The van der Waals surface area contributed by atoms with E-state index >= 15 is 0 Å². The molecule has 1 saturated heterocycles. The zero-order valence-electron chi connectivity index (χ0n) is 25.5. The van der Waals surface area contributed by atoms with Crippen molar-refractivity contribution in [3.8, 4) is 0 Å². The van der Waals surface area contributed by atoms with E-state index in [0.29, 0.717) is 37.8 Å². The average Bonchev–Trinajstić information content (AvgIpc) is 3.03. The molecule has 5 N–H and O–H groups in total. The number of hydrogen-bond acceptors (Lipinski definition) is 7. The first-order valence-corrected chi connectivity index (χ1v) is 17.2. The predicted molar refractivity (Wildman–Crippen MR) is 170 cm³/mol. The van der Waals surface area contributed by atoms with E-state index in [-0.39, 0.29) is 30.1 Å². The molecule has 4 rings (SSSR count). The highest BCUT2D eigenvalue weighted by molar-refractivity contribution is 7.88. The molecule has 0 spiro atoms. The number of β-lactam (4-membered cyclic amide) rings is 1. The summed E-state index contributed by atoms with van der Waals surface area (Å²) in [6.07, 6.45) is 4.00. The third kappa shape index (κ3) is 9.41. The van der Waals surface area contributed by atoms with E-state index in [1.165, 1.54) is 12.1 Å². The Morgan fingerprint density at radius 3 is 2.11 bits per heavy atom. The number of sulfonamides is 1. The van der Waals surface area contributed by atoms with Gasteiger partial charge >= 0.3 is 0 Å². The van der Waals surface area contributed by atoms with Gasteiger partial charge in [0.1, 0.15) is 11.4 Å². The second-order valence-corrected chi connectivity index (χ2v) is 13.8. The van der Waals surface area contributed by atoms with Crippen molar-refractivity contribution in [3.05, 3.63) is 101 Å². The minimum atomic E-state index is -3.20. The number of unbranched alkanes of at least 4 members (excludes halogenated alkanes) is 1. The van der Waals surface area contributed by atoms with Crippen molar-refractivity contribution in [1.29, 1.82) is 0 Å². The highest BCUT2D eigenvalue weighted by Crippen LogP contribution is 2.46. The van der Waals surface area contributed by atoms with Gasteiger partial charge in [-0.05, 0) is 91.5 Å². The summed E-state index contributed by atoms with van der Waals surface area (Å²) in [5, 5.41) is 39.7. The van der Waals surface area contributed by atoms with Crippen LogP contribution in [-0.2, 0) is 27.7 Å². The smallest absolute Gasteiger partial charge is 0.233 e. The monoisotopic (exact) mass is 642 g/mol. The van der Waals surface area contributed by atoms with E-state index in [2.05, 4.69) is 4.72 Å². The number of rotatable bonds is 17. The van der Waals surface area contributed by atoms with Gasteiger partial charge in [0.15, 0.2) is 0 Å². The molecule has 244 valence electrons. The third-order valence-corrected chi connectivity index (χ3v) is 9.21. The van der Waals surface area contributed by atoms with Crippen molar-refractivity contribution < 1.29 is 38.0 Å². The number of aliphatic hydroxyl groups is 4. The number of carbonyl (C=O) groups excluding carboxylic acids is 1. The molecule has 1 aliphatic rings. The van der Waals surface area contributed by atoms with E-state index in [4.69, 9.17) is 0 Å². The molecule has 11 heteroatoms. The van der Waals surface area contributed by atoms with Crippen LogP contribution in [0.15, 0.2) is 72.8 Å². The lowest BCUT2D eigenvalue weighted by Crippen LogP contribution is -2.55. The average molecular weight is 643 g/mol. The minimum Gasteiger partial charge on any atom is -0.393 e. The van der Waals surface area contributed by atoms with Crippen LogP contribution in [0.3, 0.4) is 0 Å². The molecule has 1 aliphatic heterocycles. The van der Waals surface area contributed by atoms with Crippen molar-refractivity contribution in [3.63, 3.8) is 0 Å².